The second kappa shape index (κ2) is 11.9. The number of imide groups is 1. The van der Waals surface area contributed by atoms with Crippen molar-refractivity contribution in [3.05, 3.63) is 64.7 Å². The molecule has 2 aliphatic heterocycles. The van der Waals surface area contributed by atoms with Gasteiger partial charge in [-0.2, -0.15) is 5.26 Å². The van der Waals surface area contributed by atoms with Crippen molar-refractivity contribution in [2.75, 3.05) is 33.4 Å². The quantitative estimate of drug-likeness (QED) is 0.167. The van der Waals surface area contributed by atoms with Crippen LogP contribution in [0, 0.1) is 17.2 Å². The fourth-order valence-electron chi connectivity index (χ4n) is 4.55. The van der Waals surface area contributed by atoms with Crippen LogP contribution < -0.4 is 9.47 Å². The molecule has 1 fully saturated rings. The first kappa shape index (κ1) is 27.5. The van der Waals surface area contributed by atoms with Crippen molar-refractivity contribution in [2.24, 2.45) is 5.92 Å². The summed E-state index contributed by atoms with van der Waals surface area (Å²) in [5, 5.41) is 9.58. The minimum atomic E-state index is -1.15. The molecular formula is C29H29N3O7. The molecule has 3 amide bonds. The zero-order valence-electron chi connectivity index (χ0n) is 22.0. The Morgan fingerprint density at radius 3 is 2.28 bits per heavy atom. The predicted octanol–water partition coefficient (Wildman–Crippen LogP) is 3.08. The van der Waals surface area contributed by atoms with Crippen LogP contribution in [0.5, 0.6) is 11.5 Å². The number of hydrogen-bond acceptors (Lipinski definition) is 8. The maximum Gasteiger partial charge on any atom is 0.335 e. The Morgan fingerprint density at radius 1 is 1.08 bits per heavy atom. The molecule has 10 nitrogen and oxygen atoms in total. The van der Waals surface area contributed by atoms with Gasteiger partial charge in [0.25, 0.3) is 17.7 Å². The second-order valence-corrected chi connectivity index (χ2v) is 9.26. The highest BCUT2D eigenvalue weighted by Gasteiger charge is 2.45. The molecule has 0 saturated carbocycles. The number of rotatable bonds is 8. The Hall–Kier alpha value is -4.49. The van der Waals surface area contributed by atoms with E-state index < -0.39 is 29.7 Å². The lowest BCUT2D eigenvalue weighted by Crippen LogP contribution is -2.50. The molecule has 39 heavy (non-hydrogen) atoms. The van der Waals surface area contributed by atoms with E-state index in [-0.39, 0.29) is 34.1 Å². The topological polar surface area (TPSA) is 126 Å². The molecule has 2 heterocycles. The van der Waals surface area contributed by atoms with Gasteiger partial charge in [0.2, 0.25) is 0 Å². The number of nitriles is 1. The van der Waals surface area contributed by atoms with Crippen molar-refractivity contribution in [2.45, 2.75) is 26.3 Å². The van der Waals surface area contributed by atoms with E-state index in [9.17, 15) is 24.4 Å². The van der Waals surface area contributed by atoms with Crippen LogP contribution in [0.15, 0.2) is 48.0 Å². The van der Waals surface area contributed by atoms with Crippen LogP contribution in [-0.4, -0.2) is 72.9 Å². The summed E-state index contributed by atoms with van der Waals surface area (Å²) in [7, 11) is 1.39. The zero-order valence-corrected chi connectivity index (χ0v) is 22.0. The molecule has 2 atom stereocenters. The number of morpholine rings is 1. The molecule has 0 N–H and O–H groups in total. The first-order valence-corrected chi connectivity index (χ1v) is 12.7. The van der Waals surface area contributed by atoms with Gasteiger partial charge in [-0.15, -0.1) is 0 Å². The molecular weight excluding hydrogens is 502 g/mol. The Bertz CT molecular complexity index is 1340. The van der Waals surface area contributed by atoms with Crippen molar-refractivity contribution >= 4 is 29.8 Å². The number of carbonyl (C=O) groups excluding carboxylic acids is 4. The van der Waals surface area contributed by atoms with Gasteiger partial charge < -0.3 is 19.1 Å². The summed E-state index contributed by atoms with van der Waals surface area (Å²) in [6.07, 6.45) is 1.95. The Morgan fingerprint density at radius 2 is 1.72 bits per heavy atom. The van der Waals surface area contributed by atoms with Crippen LogP contribution in [0.25, 0.3) is 6.08 Å². The smallest absolute Gasteiger partial charge is 0.335 e. The SMILES string of the molecule is CCC(C)C(C(=O)Oc1ccc(/C=C(\C#N)C(=O)N2CCOCC2)cc1OC)N1C(=O)c2ccccc2C1=O. The third-order valence-electron chi connectivity index (χ3n) is 6.89. The van der Waals surface area contributed by atoms with Crippen LogP contribution in [-0.2, 0) is 14.3 Å². The molecule has 10 heteroatoms. The largest absolute Gasteiger partial charge is 0.493 e. The average molecular weight is 532 g/mol. The molecule has 4 rings (SSSR count). The van der Waals surface area contributed by atoms with Gasteiger partial charge in [-0.3, -0.25) is 19.3 Å². The number of hydrogen-bond donors (Lipinski definition) is 0. The van der Waals surface area contributed by atoms with E-state index in [2.05, 4.69) is 0 Å². The van der Waals surface area contributed by atoms with E-state index in [1.54, 1.807) is 42.2 Å². The van der Waals surface area contributed by atoms with Gasteiger partial charge in [-0.1, -0.05) is 38.5 Å². The Balaban J connectivity index is 1.58. The zero-order chi connectivity index (χ0) is 28.1. The van der Waals surface area contributed by atoms with Crippen molar-refractivity contribution in [1.82, 2.24) is 9.80 Å². The normalized spacial score (nSPS) is 16.8. The molecule has 202 valence electrons. The van der Waals surface area contributed by atoms with E-state index in [0.717, 1.165) is 4.90 Å². The summed E-state index contributed by atoms with van der Waals surface area (Å²) in [5.41, 5.74) is 0.935. The summed E-state index contributed by atoms with van der Waals surface area (Å²) in [6.45, 7) is 5.26. The number of fused-ring (bicyclic) bond motifs is 1. The maximum absolute atomic E-state index is 13.4. The minimum absolute atomic E-state index is 0.0499. The first-order chi connectivity index (χ1) is 18.8. The molecule has 0 aliphatic carbocycles. The maximum atomic E-state index is 13.4. The monoisotopic (exact) mass is 531 g/mol. The van der Waals surface area contributed by atoms with E-state index in [0.29, 0.717) is 38.3 Å². The lowest BCUT2D eigenvalue weighted by Gasteiger charge is -2.29. The van der Waals surface area contributed by atoms with Crippen LogP contribution >= 0.6 is 0 Å². The summed E-state index contributed by atoms with van der Waals surface area (Å²) < 4.78 is 16.4. The van der Waals surface area contributed by atoms with Crippen molar-refractivity contribution < 1.29 is 33.4 Å². The van der Waals surface area contributed by atoms with Crippen LogP contribution in [0.4, 0.5) is 0 Å². The lowest BCUT2D eigenvalue weighted by molar-refractivity contribution is -0.140. The van der Waals surface area contributed by atoms with E-state index in [1.807, 2.05) is 13.0 Å². The predicted molar refractivity (Wildman–Crippen MR) is 140 cm³/mol. The van der Waals surface area contributed by atoms with Crippen LogP contribution in [0.1, 0.15) is 46.5 Å². The number of carbonyl (C=O) groups is 4. The molecule has 0 bridgehead atoms. The van der Waals surface area contributed by atoms with Crippen LogP contribution in [0.3, 0.4) is 0 Å². The molecule has 0 radical (unpaired) electrons. The molecule has 0 spiro atoms. The number of methoxy groups -OCH3 is 1. The number of esters is 1. The fraction of sp³-hybridized carbons (Fsp3) is 0.345. The number of amides is 3. The Kier molecular flexibility index (Phi) is 8.42. The number of nitrogens with zero attached hydrogens (tertiary/aromatic N) is 3. The van der Waals surface area contributed by atoms with Gasteiger partial charge in [0, 0.05) is 13.1 Å². The summed E-state index contributed by atoms with van der Waals surface area (Å²) >= 11 is 0. The van der Waals surface area contributed by atoms with Crippen LogP contribution in [0.2, 0.25) is 0 Å². The standard InChI is InChI=1S/C29H29N3O7/c1-4-18(2)25(32-27(34)21-7-5-6-8-22(21)28(32)35)29(36)39-23-10-9-19(16-24(23)37-3)15-20(17-30)26(33)31-11-13-38-14-12-31/h5-10,15-16,18,25H,4,11-14H2,1-3H3/b20-15+. The molecule has 0 aromatic heterocycles. The summed E-state index contributed by atoms with van der Waals surface area (Å²) in [5.74, 6) is -2.38. The van der Waals surface area contributed by atoms with Gasteiger partial charge in [-0.25, -0.2) is 4.79 Å². The molecule has 2 aliphatic rings. The third-order valence-corrected chi connectivity index (χ3v) is 6.89. The lowest BCUT2D eigenvalue weighted by atomic mass is 9.97. The van der Waals surface area contributed by atoms with E-state index >= 15 is 0 Å². The highest BCUT2D eigenvalue weighted by atomic mass is 16.6. The van der Waals surface area contributed by atoms with Crippen molar-refractivity contribution in [3.63, 3.8) is 0 Å². The average Bonchev–Trinajstić information content (AvgIpc) is 3.22. The van der Waals surface area contributed by atoms with Gasteiger partial charge in [0.05, 0.1) is 31.5 Å². The van der Waals surface area contributed by atoms with Gasteiger partial charge in [0.15, 0.2) is 11.5 Å². The Labute approximate surface area is 226 Å². The van der Waals surface area contributed by atoms with E-state index in [4.69, 9.17) is 14.2 Å². The fourth-order valence-corrected chi connectivity index (χ4v) is 4.55. The number of ether oxygens (including phenoxy) is 3. The molecule has 2 aromatic carbocycles. The van der Waals surface area contributed by atoms with E-state index in [1.165, 1.54) is 25.3 Å². The molecule has 2 unspecified atom stereocenters. The van der Waals surface area contributed by atoms with Crippen molar-refractivity contribution in [1.29, 1.82) is 5.26 Å². The third kappa shape index (κ3) is 5.54. The highest BCUT2D eigenvalue weighted by molar-refractivity contribution is 6.22. The first-order valence-electron chi connectivity index (χ1n) is 12.7. The molecule has 2 aromatic rings. The van der Waals surface area contributed by atoms with Crippen molar-refractivity contribution in [3.8, 4) is 17.6 Å². The number of benzene rings is 2. The van der Waals surface area contributed by atoms with Gasteiger partial charge in [-0.05, 0) is 41.8 Å². The highest BCUT2D eigenvalue weighted by Crippen LogP contribution is 2.33. The summed E-state index contributed by atoms with van der Waals surface area (Å²) in [6, 6.07) is 11.8. The minimum Gasteiger partial charge on any atom is -0.493 e. The van der Waals surface area contributed by atoms with Gasteiger partial charge >= 0.3 is 5.97 Å². The second-order valence-electron chi connectivity index (χ2n) is 9.26. The van der Waals surface area contributed by atoms with Gasteiger partial charge in [0.1, 0.15) is 17.7 Å². The summed E-state index contributed by atoms with van der Waals surface area (Å²) in [4.78, 5) is 54.9. The molecule has 1 saturated heterocycles.